The highest BCUT2D eigenvalue weighted by Gasteiger charge is 2.39. The monoisotopic (exact) mass is 450 g/mol. The van der Waals surface area contributed by atoms with Crippen molar-refractivity contribution in [1.29, 1.82) is 0 Å². The van der Waals surface area contributed by atoms with Gasteiger partial charge in [-0.3, -0.25) is 5.32 Å². The number of rotatable bonds is 6. The quantitative estimate of drug-likeness (QED) is 0.460. The van der Waals surface area contributed by atoms with Crippen LogP contribution < -0.4 is 15.4 Å². The fraction of sp³-hybridized carbons (Fsp3) is 0.360. The number of anilines is 1. The fourth-order valence-corrected chi connectivity index (χ4v) is 4.46. The van der Waals surface area contributed by atoms with Crippen molar-refractivity contribution in [3.63, 3.8) is 0 Å². The number of carbonyl (C=O) groups excluding carboxylic acids is 1. The van der Waals surface area contributed by atoms with E-state index >= 15 is 0 Å². The van der Waals surface area contributed by atoms with Crippen molar-refractivity contribution in [3.05, 3.63) is 71.3 Å². The first-order valence-electron chi connectivity index (χ1n) is 11.1. The lowest BCUT2D eigenvalue weighted by Crippen LogP contribution is -2.45. The van der Waals surface area contributed by atoms with E-state index in [9.17, 15) is 9.90 Å². The van der Waals surface area contributed by atoms with Crippen LogP contribution in [0.15, 0.2) is 54.6 Å². The number of nitrogens with zero attached hydrogens (tertiary/aromatic N) is 2. The zero-order chi connectivity index (χ0) is 23.6. The Kier molecular flexibility index (Phi) is 6.40. The molecule has 2 amide bonds. The van der Waals surface area contributed by atoms with Crippen molar-refractivity contribution in [2.75, 3.05) is 18.5 Å². The average Bonchev–Trinajstić information content (AvgIpc) is 3.10. The van der Waals surface area contributed by atoms with Crippen LogP contribution in [-0.2, 0) is 5.41 Å². The van der Waals surface area contributed by atoms with Crippen molar-refractivity contribution in [2.24, 2.45) is 0 Å². The smallest absolute Gasteiger partial charge is 0.320 e. The number of urea groups is 1. The van der Waals surface area contributed by atoms with Crippen molar-refractivity contribution in [2.45, 2.75) is 44.8 Å². The largest absolute Gasteiger partial charge is 0.474 e. The molecule has 33 heavy (non-hydrogen) atoms. The van der Waals surface area contributed by atoms with Crippen LogP contribution in [-0.4, -0.2) is 45.3 Å². The molecule has 0 spiro atoms. The molecule has 1 aromatic heterocycles. The third-order valence-corrected chi connectivity index (χ3v) is 6.06. The Morgan fingerprint density at radius 3 is 2.61 bits per heavy atom. The molecule has 0 saturated heterocycles. The minimum absolute atomic E-state index is 0.0963. The molecule has 4 rings (SSSR count). The Morgan fingerprint density at radius 2 is 1.88 bits per heavy atom. The molecule has 174 valence electrons. The van der Waals surface area contributed by atoms with Gasteiger partial charge in [0.2, 0.25) is 5.88 Å². The number of nitrogens with one attached hydrogen (secondary N) is 2. The molecule has 0 fully saturated rings. The first-order chi connectivity index (χ1) is 15.8. The van der Waals surface area contributed by atoms with Crippen LogP contribution in [0.4, 0.5) is 10.6 Å². The third-order valence-electron chi connectivity index (χ3n) is 6.06. The topological polar surface area (TPSA) is 109 Å². The Bertz CT molecular complexity index is 1130. The molecule has 4 N–H and O–H groups in total. The van der Waals surface area contributed by atoms with Crippen molar-refractivity contribution < 1.29 is 19.7 Å². The predicted octanol–water partition coefficient (Wildman–Crippen LogP) is 3.46. The number of amides is 2. The number of hydrogen-bond acceptors (Lipinski definition) is 5. The molecule has 1 aliphatic carbocycles. The zero-order valence-electron chi connectivity index (χ0n) is 19.1. The molecule has 1 heterocycles. The summed E-state index contributed by atoms with van der Waals surface area (Å²) < 4.78 is 7.15. The molecule has 0 aliphatic heterocycles. The van der Waals surface area contributed by atoms with E-state index in [4.69, 9.17) is 9.84 Å². The van der Waals surface area contributed by atoms with Gasteiger partial charge >= 0.3 is 6.03 Å². The molecule has 8 nitrogen and oxygen atoms in total. The van der Waals surface area contributed by atoms with E-state index in [1.807, 2.05) is 54.6 Å². The standard InChI is InChI=1S/C25H30N4O4/c1-16-22(29(17-9-5-4-6-10-17)28-23(16)33-14-13-30)27-24(32)26-21-18-11-7-8-12-19(18)25(2,3)15-20(21)31/h4-12,20-21,30-31H,13-15H2,1-3H3,(H2,26,27,32). The van der Waals surface area contributed by atoms with Gasteiger partial charge in [-0.25, -0.2) is 9.48 Å². The summed E-state index contributed by atoms with van der Waals surface area (Å²) in [7, 11) is 0. The lowest BCUT2D eigenvalue weighted by atomic mass is 9.70. The third kappa shape index (κ3) is 4.58. The summed E-state index contributed by atoms with van der Waals surface area (Å²) in [6.45, 7) is 5.94. The molecule has 0 bridgehead atoms. The number of hydrogen-bond donors (Lipinski definition) is 4. The van der Waals surface area contributed by atoms with Crippen LogP contribution in [0.2, 0.25) is 0 Å². The van der Waals surface area contributed by atoms with Gasteiger partial charge in [0.25, 0.3) is 0 Å². The summed E-state index contributed by atoms with van der Waals surface area (Å²) in [6.07, 6.45) is -0.182. The predicted molar refractivity (Wildman–Crippen MR) is 126 cm³/mol. The summed E-state index contributed by atoms with van der Waals surface area (Å²) >= 11 is 0. The number of aliphatic hydroxyl groups is 2. The first kappa shape index (κ1) is 22.8. The molecule has 2 unspecified atom stereocenters. The normalized spacial score (nSPS) is 18.9. The molecule has 3 aromatic rings. The second-order valence-corrected chi connectivity index (χ2v) is 8.92. The molecule has 0 radical (unpaired) electrons. The maximum atomic E-state index is 13.1. The Balaban J connectivity index is 1.62. The van der Waals surface area contributed by atoms with E-state index < -0.39 is 18.2 Å². The van der Waals surface area contributed by atoms with E-state index in [0.29, 0.717) is 23.7 Å². The van der Waals surface area contributed by atoms with E-state index in [0.717, 1.165) is 16.8 Å². The average molecular weight is 451 g/mol. The summed E-state index contributed by atoms with van der Waals surface area (Å²) in [5.74, 6) is 0.776. The van der Waals surface area contributed by atoms with Gasteiger partial charge in [-0.05, 0) is 42.0 Å². The lowest BCUT2D eigenvalue weighted by Gasteiger charge is -2.40. The molecule has 8 heteroatoms. The summed E-state index contributed by atoms with van der Waals surface area (Å²) in [4.78, 5) is 13.1. The maximum absolute atomic E-state index is 13.1. The molecule has 1 aliphatic rings. The zero-order valence-corrected chi connectivity index (χ0v) is 19.1. The molecular formula is C25H30N4O4. The molecular weight excluding hydrogens is 420 g/mol. The minimum atomic E-state index is -0.718. The Labute approximate surface area is 193 Å². The van der Waals surface area contributed by atoms with Crippen molar-refractivity contribution >= 4 is 11.8 Å². The Hall–Kier alpha value is -3.36. The van der Waals surface area contributed by atoms with Crippen LogP contribution in [0, 0.1) is 6.92 Å². The molecule has 2 atom stereocenters. The van der Waals surface area contributed by atoms with E-state index in [1.54, 1.807) is 11.6 Å². The van der Waals surface area contributed by atoms with Crippen LogP contribution >= 0.6 is 0 Å². The molecule has 0 saturated carbocycles. The second kappa shape index (κ2) is 9.25. The summed E-state index contributed by atoms with van der Waals surface area (Å²) in [5.41, 5.74) is 3.22. The van der Waals surface area contributed by atoms with Crippen molar-refractivity contribution in [1.82, 2.24) is 15.1 Å². The number of ether oxygens (including phenoxy) is 1. The first-order valence-corrected chi connectivity index (χ1v) is 11.1. The Morgan fingerprint density at radius 1 is 1.18 bits per heavy atom. The maximum Gasteiger partial charge on any atom is 0.320 e. The highest BCUT2D eigenvalue weighted by Crippen LogP contribution is 2.41. The highest BCUT2D eigenvalue weighted by atomic mass is 16.5. The van der Waals surface area contributed by atoms with Gasteiger partial charge in [0.1, 0.15) is 12.4 Å². The van der Waals surface area contributed by atoms with Gasteiger partial charge in [-0.1, -0.05) is 56.3 Å². The van der Waals surface area contributed by atoms with E-state index in [-0.39, 0.29) is 18.6 Å². The summed E-state index contributed by atoms with van der Waals surface area (Å²) in [5, 5.41) is 30.3. The number of fused-ring (bicyclic) bond motifs is 1. The van der Waals surface area contributed by atoms with Gasteiger partial charge < -0.3 is 20.3 Å². The van der Waals surface area contributed by atoms with Gasteiger partial charge in [0, 0.05) is 0 Å². The SMILES string of the molecule is Cc1c(OCCO)nn(-c2ccccc2)c1NC(=O)NC1c2ccccc2C(C)(C)CC1O. The van der Waals surface area contributed by atoms with Crippen LogP contribution in [0.25, 0.3) is 5.69 Å². The minimum Gasteiger partial charge on any atom is -0.474 e. The van der Waals surface area contributed by atoms with Gasteiger partial charge in [-0.2, -0.15) is 0 Å². The number of aromatic nitrogens is 2. The van der Waals surface area contributed by atoms with Crippen LogP contribution in [0.5, 0.6) is 5.88 Å². The number of aliphatic hydroxyl groups excluding tert-OH is 2. The summed E-state index contributed by atoms with van der Waals surface area (Å²) in [6, 6.07) is 16.3. The second-order valence-electron chi connectivity index (χ2n) is 8.92. The van der Waals surface area contributed by atoms with E-state index in [1.165, 1.54) is 0 Å². The lowest BCUT2D eigenvalue weighted by molar-refractivity contribution is 0.0883. The van der Waals surface area contributed by atoms with E-state index in [2.05, 4.69) is 29.6 Å². The van der Waals surface area contributed by atoms with Crippen LogP contribution in [0.1, 0.15) is 43.0 Å². The number of para-hydroxylation sites is 1. The van der Waals surface area contributed by atoms with Gasteiger partial charge in [-0.15, -0.1) is 5.10 Å². The highest BCUT2D eigenvalue weighted by molar-refractivity contribution is 5.90. The molecule has 2 aromatic carbocycles. The van der Waals surface area contributed by atoms with Gasteiger partial charge in [0.05, 0.1) is 30.0 Å². The van der Waals surface area contributed by atoms with Crippen molar-refractivity contribution in [3.8, 4) is 11.6 Å². The van der Waals surface area contributed by atoms with Crippen LogP contribution in [0.3, 0.4) is 0 Å². The number of benzene rings is 2. The van der Waals surface area contributed by atoms with Gasteiger partial charge in [0.15, 0.2) is 0 Å². The number of carbonyl (C=O) groups is 1. The fourth-order valence-electron chi connectivity index (χ4n) is 4.46.